The van der Waals surface area contributed by atoms with Crippen LogP contribution in [0.1, 0.15) is 37.4 Å². The molecule has 0 bridgehead atoms. The Balaban J connectivity index is 1.78. The molecule has 1 atom stereocenters. The second kappa shape index (κ2) is 8.17. The van der Waals surface area contributed by atoms with E-state index in [0.29, 0.717) is 11.7 Å². The number of hydrogen-bond donors (Lipinski definition) is 1. The first kappa shape index (κ1) is 16.8. The second-order valence-electron chi connectivity index (χ2n) is 5.50. The van der Waals surface area contributed by atoms with Crippen molar-refractivity contribution in [1.82, 2.24) is 9.99 Å². The third-order valence-corrected chi connectivity index (χ3v) is 3.80. The van der Waals surface area contributed by atoms with Crippen LogP contribution in [-0.2, 0) is 11.8 Å². The molecule has 122 valence electrons. The fourth-order valence-electron chi connectivity index (χ4n) is 2.09. The van der Waals surface area contributed by atoms with Crippen molar-refractivity contribution in [2.24, 2.45) is 12.1 Å². The van der Waals surface area contributed by atoms with Gasteiger partial charge in [-0.25, -0.2) is 5.43 Å². The van der Waals surface area contributed by atoms with Gasteiger partial charge in [0.1, 0.15) is 5.75 Å². The molecular formula is C18H23N3O2. The fourth-order valence-corrected chi connectivity index (χ4v) is 2.09. The first-order valence-electron chi connectivity index (χ1n) is 7.76. The summed E-state index contributed by atoms with van der Waals surface area (Å²) in [5, 5.41) is 3.91. The molecular weight excluding hydrogens is 290 g/mol. The minimum Gasteiger partial charge on any atom is -0.484 e. The number of hydrazone groups is 1. The Labute approximate surface area is 137 Å². The normalized spacial score (nSPS) is 12.3. The molecule has 2 aromatic rings. The molecule has 1 N–H and O–H groups in total. The van der Waals surface area contributed by atoms with Crippen LogP contribution in [0.2, 0.25) is 0 Å². The molecule has 0 spiro atoms. The van der Waals surface area contributed by atoms with Crippen molar-refractivity contribution in [1.29, 1.82) is 0 Å². The Morgan fingerprint density at radius 1 is 1.35 bits per heavy atom. The summed E-state index contributed by atoms with van der Waals surface area (Å²) < 4.78 is 7.36. The van der Waals surface area contributed by atoms with Gasteiger partial charge in [-0.2, -0.15) is 5.10 Å². The number of benzene rings is 1. The molecule has 1 aromatic heterocycles. The van der Waals surface area contributed by atoms with E-state index < -0.39 is 0 Å². The molecule has 1 unspecified atom stereocenters. The number of nitrogens with one attached hydrogen (secondary N) is 1. The fraction of sp³-hybridized carbons (Fsp3) is 0.333. The van der Waals surface area contributed by atoms with Crippen LogP contribution in [0.3, 0.4) is 0 Å². The van der Waals surface area contributed by atoms with Gasteiger partial charge >= 0.3 is 0 Å². The molecule has 2 rings (SSSR count). The van der Waals surface area contributed by atoms with Crippen molar-refractivity contribution >= 4 is 12.1 Å². The summed E-state index contributed by atoms with van der Waals surface area (Å²) in [5.74, 6) is 0.916. The lowest BCUT2D eigenvalue weighted by atomic mass is 9.99. The van der Waals surface area contributed by atoms with Crippen molar-refractivity contribution in [2.75, 3.05) is 6.61 Å². The van der Waals surface area contributed by atoms with Gasteiger partial charge in [-0.1, -0.05) is 26.0 Å². The second-order valence-corrected chi connectivity index (χ2v) is 5.50. The van der Waals surface area contributed by atoms with Crippen LogP contribution < -0.4 is 10.2 Å². The minimum atomic E-state index is -0.290. The van der Waals surface area contributed by atoms with Gasteiger partial charge in [-0.05, 0) is 42.2 Å². The van der Waals surface area contributed by atoms with E-state index in [1.807, 2.05) is 54.2 Å². The number of rotatable bonds is 7. The molecule has 1 amide bonds. The highest BCUT2D eigenvalue weighted by Gasteiger charge is 2.04. The van der Waals surface area contributed by atoms with E-state index in [1.165, 1.54) is 5.56 Å². The lowest BCUT2D eigenvalue weighted by Crippen LogP contribution is -2.24. The van der Waals surface area contributed by atoms with Crippen LogP contribution >= 0.6 is 0 Å². The van der Waals surface area contributed by atoms with Crippen LogP contribution in [0, 0.1) is 0 Å². The van der Waals surface area contributed by atoms with Gasteiger partial charge in [0.15, 0.2) is 6.61 Å². The first-order valence-corrected chi connectivity index (χ1v) is 7.76. The molecule has 0 aliphatic heterocycles. The summed E-state index contributed by atoms with van der Waals surface area (Å²) in [7, 11) is 1.91. The number of amides is 1. The summed E-state index contributed by atoms with van der Waals surface area (Å²) >= 11 is 0. The Kier molecular flexibility index (Phi) is 5.97. The lowest BCUT2D eigenvalue weighted by Gasteiger charge is -2.10. The van der Waals surface area contributed by atoms with Crippen molar-refractivity contribution in [2.45, 2.75) is 26.2 Å². The van der Waals surface area contributed by atoms with Gasteiger partial charge in [0.25, 0.3) is 5.91 Å². The maximum atomic E-state index is 11.7. The van der Waals surface area contributed by atoms with E-state index in [-0.39, 0.29) is 12.5 Å². The Morgan fingerprint density at radius 3 is 2.70 bits per heavy atom. The third kappa shape index (κ3) is 4.98. The van der Waals surface area contributed by atoms with Gasteiger partial charge in [-0.15, -0.1) is 0 Å². The average molecular weight is 313 g/mol. The minimum absolute atomic E-state index is 0.0623. The highest BCUT2D eigenvalue weighted by molar-refractivity contribution is 5.81. The largest absolute Gasteiger partial charge is 0.484 e. The zero-order chi connectivity index (χ0) is 16.7. The zero-order valence-corrected chi connectivity index (χ0v) is 13.8. The Bertz CT molecular complexity index is 659. The van der Waals surface area contributed by atoms with E-state index in [0.717, 1.165) is 12.1 Å². The molecule has 0 aliphatic carbocycles. The van der Waals surface area contributed by atoms with Crippen molar-refractivity contribution in [3.63, 3.8) is 0 Å². The van der Waals surface area contributed by atoms with Crippen molar-refractivity contribution < 1.29 is 9.53 Å². The van der Waals surface area contributed by atoms with Crippen LogP contribution in [0.4, 0.5) is 0 Å². The molecule has 0 radical (unpaired) electrons. The zero-order valence-electron chi connectivity index (χ0n) is 13.8. The Morgan fingerprint density at radius 2 is 2.09 bits per heavy atom. The number of carbonyl (C=O) groups excluding carboxylic acids is 1. The first-order chi connectivity index (χ1) is 11.1. The topological polar surface area (TPSA) is 55.6 Å². The summed E-state index contributed by atoms with van der Waals surface area (Å²) in [6.07, 6.45) is 4.61. The molecule has 23 heavy (non-hydrogen) atoms. The molecule has 1 heterocycles. The smallest absolute Gasteiger partial charge is 0.277 e. The van der Waals surface area contributed by atoms with Gasteiger partial charge in [0.05, 0.1) is 11.9 Å². The average Bonchev–Trinajstić information content (AvgIpc) is 2.98. The van der Waals surface area contributed by atoms with E-state index in [4.69, 9.17) is 4.74 Å². The number of ether oxygens (including phenoxy) is 1. The lowest BCUT2D eigenvalue weighted by molar-refractivity contribution is -0.123. The summed E-state index contributed by atoms with van der Waals surface area (Å²) in [6, 6.07) is 11.7. The van der Waals surface area contributed by atoms with Crippen LogP contribution in [0.25, 0.3) is 0 Å². The highest BCUT2D eigenvalue weighted by atomic mass is 16.5. The molecule has 0 aliphatic rings. The summed E-state index contributed by atoms with van der Waals surface area (Å²) in [5.41, 5.74) is 4.63. The van der Waals surface area contributed by atoms with Crippen molar-refractivity contribution in [3.05, 3.63) is 53.9 Å². The molecule has 0 saturated heterocycles. The standard InChI is InChI=1S/C18H23N3O2/c1-4-14(2)15-7-9-17(10-8-15)23-13-18(22)20-19-12-16-6-5-11-21(16)3/h5-12,14H,4,13H2,1-3H3,(H,20,22). The number of aryl methyl sites for hydroxylation is 1. The van der Waals surface area contributed by atoms with Gasteiger partial charge < -0.3 is 9.30 Å². The van der Waals surface area contributed by atoms with Gasteiger partial charge in [-0.3, -0.25) is 4.79 Å². The predicted octanol–water partition coefficient (Wildman–Crippen LogP) is 3.07. The van der Waals surface area contributed by atoms with Crippen molar-refractivity contribution in [3.8, 4) is 5.75 Å². The number of hydrogen-bond acceptors (Lipinski definition) is 3. The van der Waals surface area contributed by atoms with Gasteiger partial charge in [0.2, 0.25) is 0 Å². The maximum Gasteiger partial charge on any atom is 0.277 e. The monoisotopic (exact) mass is 313 g/mol. The molecule has 5 nitrogen and oxygen atoms in total. The number of aromatic nitrogens is 1. The quantitative estimate of drug-likeness (QED) is 0.631. The molecule has 0 saturated carbocycles. The summed E-state index contributed by atoms with van der Waals surface area (Å²) in [4.78, 5) is 11.7. The van der Waals surface area contributed by atoms with Crippen LogP contribution in [0.5, 0.6) is 5.75 Å². The van der Waals surface area contributed by atoms with Crippen LogP contribution in [0.15, 0.2) is 47.7 Å². The number of nitrogens with zero attached hydrogens (tertiary/aromatic N) is 2. The van der Waals surface area contributed by atoms with Gasteiger partial charge in [0, 0.05) is 13.2 Å². The van der Waals surface area contributed by atoms with Crippen LogP contribution in [-0.4, -0.2) is 23.3 Å². The Hall–Kier alpha value is -2.56. The highest BCUT2D eigenvalue weighted by Crippen LogP contribution is 2.21. The summed E-state index contributed by atoms with van der Waals surface area (Å²) in [6.45, 7) is 4.29. The molecule has 0 fully saturated rings. The van der Waals surface area contributed by atoms with E-state index >= 15 is 0 Å². The van der Waals surface area contributed by atoms with E-state index in [2.05, 4.69) is 24.4 Å². The van der Waals surface area contributed by atoms with E-state index in [1.54, 1.807) is 6.21 Å². The maximum absolute atomic E-state index is 11.7. The van der Waals surface area contributed by atoms with E-state index in [9.17, 15) is 4.79 Å². The number of carbonyl (C=O) groups is 1. The predicted molar refractivity (Wildman–Crippen MR) is 91.8 cm³/mol. The molecule has 1 aromatic carbocycles. The SMILES string of the molecule is CCC(C)c1ccc(OCC(=O)NN=Cc2cccn2C)cc1. The molecule has 5 heteroatoms. The third-order valence-electron chi connectivity index (χ3n) is 3.80.